The van der Waals surface area contributed by atoms with E-state index in [1.54, 1.807) is 6.92 Å². The summed E-state index contributed by atoms with van der Waals surface area (Å²) >= 11 is 6.90. The molecule has 2 aromatic heterocycles. The highest BCUT2D eigenvalue weighted by Gasteiger charge is 2.25. The molecule has 2 aromatic rings. The Hall–Kier alpha value is -1.78. The number of amides is 1. The molecule has 124 valence electrons. The van der Waals surface area contributed by atoms with Gasteiger partial charge in [-0.1, -0.05) is 11.6 Å². The number of carbonyl (C=O) groups excluding carboxylic acids is 1. The van der Waals surface area contributed by atoms with Crippen LogP contribution in [0.5, 0.6) is 0 Å². The first-order valence-corrected chi connectivity index (χ1v) is 8.74. The van der Waals surface area contributed by atoms with Gasteiger partial charge in [0.1, 0.15) is 9.23 Å². The topological polar surface area (TPSA) is 90.5 Å². The molecular formula is C12H11ClFN3O4S2. The second-order valence-electron chi connectivity index (χ2n) is 4.57. The number of thiophene rings is 1. The second kappa shape index (κ2) is 6.02. The molecule has 0 aliphatic carbocycles. The van der Waals surface area contributed by atoms with Crippen LogP contribution in [0.15, 0.2) is 26.9 Å². The average molecular weight is 380 g/mol. The number of halogens is 2. The quantitative estimate of drug-likeness (QED) is 0.779. The molecule has 0 aliphatic heterocycles. The van der Waals surface area contributed by atoms with Gasteiger partial charge in [0.25, 0.3) is 10.0 Å². The molecule has 0 aromatic carbocycles. The van der Waals surface area contributed by atoms with E-state index >= 15 is 0 Å². The molecule has 23 heavy (non-hydrogen) atoms. The molecule has 11 heteroatoms. The van der Waals surface area contributed by atoms with Gasteiger partial charge >= 0.3 is 5.69 Å². The van der Waals surface area contributed by atoms with Gasteiger partial charge in [0.2, 0.25) is 5.91 Å². The molecule has 0 aliphatic rings. The van der Waals surface area contributed by atoms with Crippen molar-refractivity contribution in [1.82, 2.24) is 8.54 Å². The Morgan fingerprint density at radius 1 is 1.43 bits per heavy atom. The van der Waals surface area contributed by atoms with Gasteiger partial charge in [-0.15, -0.1) is 11.3 Å². The predicted octanol–water partition coefficient (Wildman–Crippen LogP) is 1.03. The van der Waals surface area contributed by atoms with Gasteiger partial charge in [0.05, 0.1) is 6.20 Å². The normalized spacial score (nSPS) is 12.7. The van der Waals surface area contributed by atoms with Crippen LogP contribution in [0.25, 0.3) is 0 Å². The van der Waals surface area contributed by atoms with E-state index in [4.69, 9.17) is 11.6 Å². The number of aromatic nitrogens is 2. The van der Waals surface area contributed by atoms with E-state index in [1.165, 1.54) is 6.07 Å². The van der Waals surface area contributed by atoms with Crippen LogP contribution in [0, 0.1) is 12.7 Å². The highest BCUT2D eigenvalue weighted by Crippen LogP contribution is 2.31. The molecule has 2 heterocycles. The Balaban J connectivity index is 2.83. The fraction of sp³-hybridized carbons (Fsp3) is 0.250. The lowest BCUT2D eigenvalue weighted by atomic mass is 10.5. The van der Waals surface area contributed by atoms with Gasteiger partial charge in [-0.25, -0.2) is 17.6 Å². The van der Waals surface area contributed by atoms with E-state index in [1.807, 2.05) is 0 Å². The fourth-order valence-corrected chi connectivity index (χ4v) is 4.96. The van der Waals surface area contributed by atoms with E-state index in [9.17, 15) is 22.4 Å². The monoisotopic (exact) mass is 379 g/mol. The van der Waals surface area contributed by atoms with E-state index in [0.717, 1.165) is 25.3 Å². The summed E-state index contributed by atoms with van der Waals surface area (Å²) in [6.45, 7) is 2.73. The zero-order valence-electron chi connectivity index (χ0n) is 12.2. The van der Waals surface area contributed by atoms with Gasteiger partial charge in [-0.2, -0.15) is 8.96 Å². The number of nitrogens with zero attached hydrogens (tertiary/aromatic N) is 3. The zero-order chi connectivity index (χ0) is 17.5. The van der Waals surface area contributed by atoms with E-state index in [2.05, 4.69) is 4.99 Å². The van der Waals surface area contributed by atoms with Crippen molar-refractivity contribution >= 4 is 38.9 Å². The fourth-order valence-electron chi connectivity index (χ4n) is 1.81. The van der Waals surface area contributed by atoms with Crippen molar-refractivity contribution in [3.8, 4) is 0 Å². The van der Waals surface area contributed by atoms with Crippen molar-refractivity contribution in [2.24, 2.45) is 12.0 Å². The van der Waals surface area contributed by atoms with Gasteiger partial charge in [0, 0.05) is 18.8 Å². The third kappa shape index (κ3) is 3.14. The lowest BCUT2D eigenvalue weighted by Gasteiger charge is -2.09. The number of rotatable bonds is 2. The molecule has 0 saturated heterocycles. The average Bonchev–Trinajstić information content (AvgIpc) is 2.78. The van der Waals surface area contributed by atoms with Crippen molar-refractivity contribution in [1.29, 1.82) is 0 Å². The molecule has 1 amide bonds. The van der Waals surface area contributed by atoms with Crippen LogP contribution in [0.4, 0.5) is 4.39 Å². The van der Waals surface area contributed by atoms with Crippen LogP contribution >= 0.6 is 22.9 Å². The maximum Gasteiger partial charge on any atom is 0.343 e. The number of hydrogen-bond acceptors (Lipinski definition) is 5. The first-order chi connectivity index (χ1) is 10.6. The molecule has 0 spiro atoms. The van der Waals surface area contributed by atoms with Crippen LogP contribution in [0.1, 0.15) is 11.8 Å². The van der Waals surface area contributed by atoms with Gasteiger partial charge in [-0.05, 0) is 13.0 Å². The summed E-state index contributed by atoms with van der Waals surface area (Å²) < 4.78 is 40.0. The smallest absolute Gasteiger partial charge is 0.278 e. The first-order valence-electron chi connectivity index (χ1n) is 6.10. The lowest BCUT2D eigenvalue weighted by Crippen LogP contribution is -2.42. The Kier molecular flexibility index (Phi) is 4.60. The number of hydrogen-bond donors (Lipinski definition) is 0. The molecule has 2 rings (SSSR count). The minimum absolute atomic E-state index is 0.0324. The summed E-state index contributed by atoms with van der Waals surface area (Å²) in [4.78, 5) is 26.9. The summed E-state index contributed by atoms with van der Waals surface area (Å²) in [5.41, 5.74) is -1.63. The molecule has 0 atom stereocenters. The van der Waals surface area contributed by atoms with Gasteiger partial charge in [-0.3, -0.25) is 9.36 Å². The third-order valence-corrected chi connectivity index (χ3v) is 5.99. The summed E-state index contributed by atoms with van der Waals surface area (Å²) in [5, 5.41) is 0. The lowest BCUT2D eigenvalue weighted by molar-refractivity contribution is -0.116. The Morgan fingerprint density at radius 2 is 2.04 bits per heavy atom. The second-order valence-corrected chi connectivity index (χ2v) is 8.21. The van der Waals surface area contributed by atoms with Gasteiger partial charge in [0.15, 0.2) is 11.3 Å². The molecule has 0 N–H and O–H groups in total. The van der Waals surface area contributed by atoms with Crippen LogP contribution < -0.4 is 11.2 Å². The molecule has 0 bridgehead atoms. The highest BCUT2D eigenvalue weighted by atomic mass is 35.5. The van der Waals surface area contributed by atoms with Crippen molar-refractivity contribution in [3.63, 3.8) is 0 Å². The van der Waals surface area contributed by atoms with Crippen molar-refractivity contribution < 1.29 is 17.6 Å². The van der Waals surface area contributed by atoms with Gasteiger partial charge < -0.3 is 0 Å². The van der Waals surface area contributed by atoms with Crippen LogP contribution in [-0.4, -0.2) is 22.9 Å². The number of carbonyl (C=O) groups is 1. The SMILES string of the molecule is CC(=O)N=c1c(F)cn(S(=O)(=O)c2cc(C)sc2Cl)c(=O)n1C. The minimum atomic E-state index is -4.37. The first kappa shape index (κ1) is 17.6. The molecule has 0 fully saturated rings. The molecule has 0 unspecified atom stereocenters. The predicted molar refractivity (Wildman–Crippen MR) is 82.5 cm³/mol. The summed E-state index contributed by atoms with van der Waals surface area (Å²) in [7, 11) is -3.26. The number of aryl methyl sites for hydroxylation is 1. The molecular weight excluding hydrogens is 369 g/mol. The van der Waals surface area contributed by atoms with Crippen LogP contribution in [0.2, 0.25) is 4.34 Å². The standard InChI is InChI=1S/C12H11ClFN3O4S2/c1-6-4-9(10(13)22-6)23(20,21)17-5-8(14)11(15-7(2)18)16(3)12(17)19/h4-5H,1-3H3. The van der Waals surface area contributed by atoms with E-state index < -0.39 is 32.9 Å². The Bertz CT molecular complexity index is 1030. The molecule has 0 saturated carbocycles. The minimum Gasteiger partial charge on any atom is -0.278 e. The summed E-state index contributed by atoms with van der Waals surface area (Å²) in [6.07, 6.45) is 0.475. The summed E-state index contributed by atoms with van der Waals surface area (Å²) in [5.74, 6) is -1.86. The Morgan fingerprint density at radius 3 is 2.52 bits per heavy atom. The zero-order valence-corrected chi connectivity index (χ0v) is 14.6. The largest absolute Gasteiger partial charge is 0.343 e. The van der Waals surface area contributed by atoms with Crippen LogP contribution in [0.3, 0.4) is 0 Å². The van der Waals surface area contributed by atoms with Crippen molar-refractivity contribution in [3.05, 3.63) is 43.3 Å². The molecule has 7 nitrogen and oxygen atoms in total. The Labute approximate surface area is 139 Å². The van der Waals surface area contributed by atoms with E-state index in [-0.39, 0.29) is 13.2 Å². The van der Waals surface area contributed by atoms with Crippen LogP contribution in [-0.2, 0) is 21.9 Å². The maximum absolute atomic E-state index is 14.1. The third-order valence-electron chi connectivity index (χ3n) is 2.82. The van der Waals surface area contributed by atoms with Crippen molar-refractivity contribution in [2.45, 2.75) is 18.7 Å². The summed E-state index contributed by atoms with van der Waals surface area (Å²) in [6, 6.07) is 1.29. The van der Waals surface area contributed by atoms with E-state index in [0.29, 0.717) is 15.6 Å². The molecule has 0 radical (unpaired) electrons. The highest BCUT2D eigenvalue weighted by molar-refractivity contribution is 7.90. The van der Waals surface area contributed by atoms with Crippen molar-refractivity contribution in [2.75, 3.05) is 0 Å². The maximum atomic E-state index is 14.1.